The Hall–Kier alpha value is -2.56. The third-order valence-electron chi connectivity index (χ3n) is 2.55. The standard InChI is InChI=1S/C14H15N3O2/c1-17(2)13-5-3-4-12(16-13)14(19)15-10-6-8-11(18)9-7-10/h3-9,18H,1-2H3,(H,15,19). The first kappa shape index (κ1) is 12.9. The number of hydrogen-bond donors (Lipinski definition) is 2. The molecule has 0 saturated carbocycles. The number of anilines is 2. The lowest BCUT2D eigenvalue weighted by Crippen LogP contribution is -2.16. The number of carbonyl (C=O) groups excluding carboxylic acids is 1. The molecular weight excluding hydrogens is 242 g/mol. The van der Waals surface area contributed by atoms with Gasteiger partial charge in [-0.3, -0.25) is 4.79 Å². The number of nitrogens with one attached hydrogen (secondary N) is 1. The van der Waals surface area contributed by atoms with Crippen molar-refractivity contribution < 1.29 is 9.90 Å². The average Bonchev–Trinajstić information content (AvgIpc) is 2.41. The molecular formula is C14H15N3O2. The van der Waals surface area contributed by atoms with Gasteiger partial charge < -0.3 is 15.3 Å². The lowest BCUT2D eigenvalue weighted by atomic mass is 10.2. The quantitative estimate of drug-likeness (QED) is 0.826. The van der Waals surface area contributed by atoms with Gasteiger partial charge in [0, 0.05) is 19.8 Å². The van der Waals surface area contributed by atoms with E-state index in [0.717, 1.165) is 5.82 Å². The van der Waals surface area contributed by atoms with Crippen LogP contribution in [0, 0.1) is 0 Å². The van der Waals surface area contributed by atoms with Gasteiger partial charge in [-0.05, 0) is 36.4 Å². The van der Waals surface area contributed by atoms with Gasteiger partial charge in [0.15, 0.2) is 0 Å². The van der Waals surface area contributed by atoms with Gasteiger partial charge in [-0.1, -0.05) is 6.07 Å². The highest BCUT2D eigenvalue weighted by molar-refractivity contribution is 6.03. The summed E-state index contributed by atoms with van der Waals surface area (Å²) in [5.74, 6) is 0.596. The van der Waals surface area contributed by atoms with E-state index in [1.165, 1.54) is 12.1 Å². The molecule has 0 saturated heterocycles. The summed E-state index contributed by atoms with van der Waals surface area (Å²) in [6, 6.07) is 11.6. The van der Waals surface area contributed by atoms with Gasteiger partial charge in [0.1, 0.15) is 17.3 Å². The highest BCUT2D eigenvalue weighted by atomic mass is 16.3. The summed E-state index contributed by atoms with van der Waals surface area (Å²) in [5.41, 5.74) is 0.958. The van der Waals surface area contributed by atoms with Gasteiger partial charge >= 0.3 is 0 Å². The van der Waals surface area contributed by atoms with Crippen molar-refractivity contribution >= 4 is 17.4 Å². The third kappa shape index (κ3) is 3.22. The smallest absolute Gasteiger partial charge is 0.274 e. The van der Waals surface area contributed by atoms with E-state index < -0.39 is 0 Å². The molecule has 19 heavy (non-hydrogen) atoms. The molecule has 2 rings (SSSR count). The van der Waals surface area contributed by atoms with Gasteiger partial charge in [-0.25, -0.2) is 4.98 Å². The predicted octanol–water partition coefficient (Wildman–Crippen LogP) is 2.11. The number of aromatic nitrogens is 1. The zero-order valence-corrected chi connectivity index (χ0v) is 10.8. The van der Waals surface area contributed by atoms with E-state index in [2.05, 4.69) is 10.3 Å². The topological polar surface area (TPSA) is 65.5 Å². The fourth-order valence-electron chi connectivity index (χ4n) is 1.54. The summed E-state index contributed by atoms with van der Waals surface area (Å²) in [6.07, 6.45) is 0. The van der Waals surface area contributed by atoms with E-state index in [9.17, 15) is 9.90 Å². The monoisotopic (exact) mass is 257 g/mol. The molecule has 0 aliphatic carbocycles. The molecule has 0 fully saturated rings. The van der Waals surface area contributed by atoms with Crippen molar-refractivity contribution in [1.82, 2.24) is 4.98 Å². The first-order valence-electron chi connectivity index (χ1n) is 5.81. The Morgan fingerprint density at radius 2 is 1.84 bits per heavy atom. The number of amides is 1. The van der Waals surface area contributed by atoms with E-state index in [-0.39, 0.29) is 11.7 Å². The fraction of sp³-hybridized carbons (Fsp3) is 0.143. The lowest BCUT2D eigenvalue weighted by molar-refractivity contribution is 0.102. The number of hydrogen-bond acceptors (Lipinski definition) is 4. The molecule has 0 radical (unpaired) electrons. The Morgan fingerprint density at radius 1 is 1.16 bits per heavy atom. The molecule has 0 aliphatic rings. The van der Waals surface area contributed by atoms with Crippen LogP contribution in [0.5, 0.6) is 5.75 Å². The molecule has 0 spiro atoms. The summed E-state index contributed by atoms with van der Waals surface area (Å²) in [6.45, 7) is 0. The molecule has 0 aliphatic heterocycles. The molecule has 2 aromatic rings. The van der Waals surface area contributed by atoms with Crippen LogP contribution >= 0.6 is 0 Å². The van der Waals surface area contributed by atoms with E-state index in [1.807, 2.05) is 25.1 Å². The van der Waals surface area contributed by atoms with E-state index >= 15 is 0 Å². The summed E-state index contributed by atoms with van der Waals surface area (Å²) >= 11 is 0. The van der Waals surface area contributed by atoms with Crippen LogP contribution < -0.4 is 10.2 Å². The van der Waals surface area contributed by atoms with Crippen molar-refractivity contribution in [3.8, 4) is 5.75 Å². The second kappa shape index (κ2) is 5.39. The number of phenolic OH excluding ortho intramolecular Hbond substituents is 1. The molecule has 5 heteroatoms. The van der Waals surface area contributed by atoms with Crippen LogP contribution in [-0.2, 0) is 0 Å². The first-order valence-corrected chi connectivity index (χ1v) is 5.81. The van der Waals surface area contributed by atoms with Crippen molar-refractivity contribution in [3.05, 3.63) is 48.2 Å². The molecule has 0 atom stereocenters. The third-order valence-corrected chi connectivity index (χ3v) is 2.55. The lowest BCUT2D eigenvalue weighted by Gasteiger charge is -2.12. The maximum atomic E-state index is 12.0. The number of carbonyl (C=O) groups is 1. The maximum absolute atomic E-state index is 12.0. The minimum absolute atomic E-state index is 0.158. The highest BCUT2D eigenvalue weighted by Gasteiger charge is 2.09. The van der Waals surface area contributed by atoms with Crippen molar-refractivity contribution in [1.29, 1.82) is 0 Å². The molecule has 0 bridgehead atoms. The predicted molar refractivity (Wildman–Crippen MR) is 74.6 cm³/mol. The second-order valence-corrected chi connectivity index (χ2v) is 4.28. The highest BCUT2D eigenvalue weighted by Crippen LogP contribution is 2.15. The van der Waals surface area contributed by atoms with Crippen LogP contribution in [0.1, 0.15) is 10.5 Å². The van der Waals surface area contributed by atoms with Gasteiger partial charge in [-0.2, -0.15) is 0 Å². The Labute approximate surface area is 111 Å². The second-order valence-electron chi connectivity index (χ2n) is 4.28. The minimum atomic E-state index is -0.283. The van der Waals surface area contributed by atoms with Crippen LogP contribution in [0.25, 0.3) is 0 Å². The molecule has 0 unspecified atom stereocenters. The van der Waals surface area contributed by atoms with Crippen LogP contribution in [0.3, 0.4) is 0 Å². The number of rotatable bonds is 3. The SMILES string of the molecule is CN(C)c1cccc(C(=O)Nc2ccc(O)cc2)n1. The molecule has 1 heterocycles. The zero-order valence-electron chi connectivity index (χ0n) is 10.8. The molecule has 2 N–H and O–H groups in total. The molecule has 98 valence electrons. The van der Waals surface area contributed by atoms with Crippen molar-refractivity contribution in [2.75, 3.05) is 24.3 Å². The van der Waals surface area contributed by atoms with Crippen LogP contribution in [0.2, 0.25) is 0 Å². The molecule has 5 nitrogen and oxygen atoms in total. The number of benzene rings is 1. The molecule has 1 amide bonds. The van der Waals surface area contributed by atoms with Gasteiger partial charge in [0.25, 0.3) is 5.91 Å². The number of pyridine rings is 1. The van der Waals surface area contributed by atoms with Gasteiger partial charge in [0.2, 0.25) is 0 Å². The number of nitrogens with zero attached hydrogens (tertiary/aromatic N) is 2. The Kier molecular flexibility index (Phi) is 3.66. The average molecular weight is 257 g/mol. The van der Waals surface area contributed by atoms with Crippen LogP contribution in [-0.4, -0.2) is 30.1 Å². The summed E-state index contributed by atoms with van der Waals surface area (Å²) in [5, 5.41) is 11.9. The fourth-order valence-corrected chi connectivity index (χ4v) is 1.54. The molecule has 1 aromatic carbocycles. The Bertz CT molecular complexity index is 579. The zero-order chi connectivity index (χ0) is 13.8. The largest absolute Gasteiger partial charge is 0.508 e. The maximum Gasteiger partial charge on any atom is 0.274 e. The first-order chi connectivity index (χ1) is 9.06. The van der Waals surface area contributed by atoms with E-state index in [0.29, 0.717) is 11.4 Å². The number of aromatic hydroxyl groups is 1. The normalized spacial score (nSPS) is 10.0. The Balaban J connectivity index is 2.15. The van der Waals surface area contributed by atoms with Gasteiger partial charge in [-0.15, -0.1) is 0 Å². The van der Waals surface area contributed by atoms with Crippen molar-refractivity contribution in [2.24, 2.45) is 0 Å². The Morgan fingerprint density at radius 3 is 2.47 bits per heavy atom. The van der Waals surface area contributed by atoms with Crippen molar-refractivity contribution in [3.63, 3.8) is 0 Å². The van der Waals surface area contributed by atoms with Crippen molar-refractivity contribution in [2.45, 2.75) is 0 Å². The molecule has 1 aromatic heterocycles. The van der Waals surface area contributed by atoms with Crippen LogP contribution in [0.15, 0.2) is 42.5 Å². The van der Waals surface area contributed by atoms with E-state index in [1.54, 1.807) is 24.3 Å². The van der Waals surface area contributed by atoms with Gasteiger partial charge in [0.05, 0.1) is 0 Å². The summed E-state index contributed by atoms with van der Waals surface area (Å²) in [7, 11) is 3.73. The van der Waals surface area contributed by atoms with Crippen LogP contribution in [0.4, 0.5) is 11.5 Å². The number of phenols is 1. The van der Waals surface area contributed by atoms with E-state index in [4.69, 9.17) is 0 Å². The summed E-state index contributed by atoms with van der Waals surface area (Å²) < 4.78 is 0. The summed E-state index contributed by atoms with van der Waals surface area (Å²) in [4.78, 5) is 18.1. The minimum Gasteiger partial charge on any atom is -0.508 e.